The van der Waals surface area contributed by atoms with Gasteiger partial charge in [-0.05, 0) is 43.2 Å². The first-order valence-corrected chi connectivity index (χ1v) is 8.39. The van der Waals surface area contributed by atoms with Gasteiger partial charge in [-0.25, -0.2) is 0 Å². The number of benzene rings is 1. The minimum atomic E-state index is -0.598. The minimum Gasteiger partial charge on any atom is -0.381 e. The van der Waals surface area contributed by atoms with Crippen LogP contribution in [0.1, 0.15) is 31.2 Å². The van der Waals surface area contributed by atoms with Crippen LogP contribution in [0.5, 0.6) is 0 Å². The van der Waals surface area contributed by atoms with Gasteiger partial charge in [0.15, 0.2) is 0 Å². The summed E-state index contributed by atoms with van der Waals surface area (Å²) in [6.07, 6.45) is 3.63. The van der Waals surface area contributed by atoms with Crippen molar-refractivity contribution in [1.29, 1.82) is 0 Å². The van der Waals surface area contributed by atoms with Gasteiger partial charge in [0.05, 0.1) is 5.41 Å². The lowest BCUT2D eigenvalue weighted by Crippen LogP contribution is -2.53. The Labute approximate surface area is 148 Å². The van der Waals surface area contributed by atoms with Crippen molar-refractivity contribution in [2.24, 2.45) is 11.7 Å². The monoisotopic (exact) mass is 358 g/mol. The fourth-order valence-electron chi connectivity index (χ4n) is 3.36. The van der Waals surface area contributed by atoms with Crippen LogP contribution in [0.15, 0.2) is 24.3 Å². The Morgan fingerprint density at radius 2 is 2.00 bits per heavy atom. The van der Waals surface area contributed by atoms with Crippen LogP contribution in [0.4, 0.5) is 0 Å². The van der Waals surface area contributed by atoms with Crippen LogP contribution in [-0.4, -0.2) is 31.7 Å². The zero-order valence-corrected chi connectivity index (χ0v) is 14.7. The van der Waals surface area contributed by atoms with E-state index in [1.165, 1.54) is 0 Å². The molecule has 1 saturated carbocycles. The second-order valence-corrected chi connectivity index (χ2v) is 6.73. The molecule has 0 aromatic heterocycles. The van der Waals surface area contributed by atoms with Crippen molar-refractivity contribution in [2.75, 3.05) is 19.8 Å². The summed E-state index contributed by atoms with van der Waals surface area (Å²) in [7, 11) is 0. The molecule has 1 saturated heterocycles. The summed E-state index contributed by atoms with van der Waals surface area (Å²) < 4.78 is 5.48. The lowest BCUT2D eigenvalue weighted by Gasteiger charge is -2.38. The molecule has 1 aliphatic heterocycles. The molecule has 1 aliphatic carbocycles. The Kier molecular flexibility index (Phi) is 6.32. The molecular weight excluding hydrogens is 335 g/mol. The maximum atomic E-state index is 13.1. The molecule has 1 heterocycles. The van der Waals surface area contributed by atoms with Gasteiger partial charge in [0, 0.05) is 30.8 Å². The Hall–Kier alpha value is -0.810. The molecule has 1 aromatic rings. The molecule has 4 nitrogen and oxygen atoms in total. The van der Waals surface area contributed by atoms with E-state index in [1.54, 1.807) is 0 Å². The predicted octanol–water partition coefficient (Wildman–Crippen LogP) is 2.66. The summed E-state index contributed by atoms with van der Waals surface area (Å²) in [5.74, 6) is 0.586. The highest BCUT2D eigenvalue weighted by Crippen LogP contribution is 2.40. The van der Waals surface area contributed by atoms with E-state index in [1.807, 2.05) is 24.3 Å². The number of ether oxygens (including phenoxy) is 1. The first-order chi connectivity index (χ1) is 10.7. The number of rotatable bonds is 5. The molecule has 3 N–H and O–H groups in total. The zero-order chi connectivity index (χ0) is 15.6. The summed E-state index contributed by atoms with van der Waals surface area (Å²) in [5, 5.41) is 3.84. The van der Waals surface area contributed by atoms with Crippen molar-refractivity contribution < 1.29 is 9.53 Å². The van der Waals surface area contributed by atoms with Gasteiger partial charge in [0.1, 0.15) is 0 Å². The van der Waals surface area contributed by atoms with E-state index in [4.69, 9.17) is 22.1 Å². The molecule has 23 heavy (non-hydrogen) atoms. The highest BCUT2D eigenvalue weighted by atomic mass is 35.5. The quantitative estimate of drug-likeness (QED) is 0.850. The average molecular weight is 359 g/mol. The molecule has 128 valence electrons. The second kappa shape index (κ2) is 7.84. The molecule has 2 fully saturated rings. The number of amides is 1. The lowest BCUT2D eigenvalue weighted by molar-refractivity contribution is -0.131. The van der Waals surface area contributed by atoms with Crippen LogP contribution in [0.3, 0.4) is 0 Å². The van der Waals surface area contributed by atoms with E-state index in [9.17, 15) is 4.79 Å². The summed E-state index contributed by atoms with van der Waals surface area (Å²) in [6, 6.07) is 7.72. The number of carbonyl (C=O) groups is 1. The summed E-state index contributed by atoms with van der Waals surface area (Å²) in [6.45, 7) is 1.65. The van der Waals surface area contributed by atoms with Crippen molar-refractivity contribution in [3.8, 4) is 0 Å². The van der Waals surface area contributed by atoms with Gasteiger partial charge in [-0.2, -0.15) is 0 Å². The van der Waals surface area contributed by atoms with E-state index in [0.717, 1.165) is 18.4 Å². The molecule has 3 rings (SSSR count). The molecule has 6 heteroatoms. The number of hydrogen-bond acceptors (Lipinski definition) is 3. The number of nitrogens with two attached hydrogens (primary N) is 1. The summed E-state index contributed by atoms with van der Waals surface area (Å²) in [4.78, 5) is 13.1. The smallest absolute Gasteiger partial charge is 0.231 e. The third kappa shape index (κ3) is 3.82. The van der Waals surface area contributed by atoms with Crippen LogP contribution in [-0.2, 0) is 14.9 Å². The Bertz CT molecular complexity index is 543. The Morgan fingerprint density at radius 3 is 2.57 bits per heavy atom. The van der Waals surface area contributed by atoms with Gasteiger partial charge in [-0.15, -0.1) is 12.4 Å². The first kappa shape index (κ1) is 18.5. The van der Waals surface area contributed by atoms with Crippen molar-refractivity contribution >= 4 is 29.9 Å². The fraction of sp³-hybridized carbons (Fsp3) is 0.588. The fourth-order valence-corrected chi connectivity index (χ4v) is 3.68. The SMILES string of the molecule is Cl.NCC(NC(=O)C1(c2ccccc2Cl)CCOCC1)C1CC1. The van der Waals surface area contributed by atoms with E-state index < -0.39 is 5.41 Å². The third-order valence-electron chi connectivity index (χ3n) is 4.93. The van der Waals surface area contributed by atoms with Gasteiger partial charge in [0.2, 0.25) is 5.91 Å². The van der Waals surface area contributed by atoms with Crippen molar-refractivity contribution in [2.45, 2.75) is 37.1 Å². The Morgan fingerprint density at radius 1 is 1.35 bits per heavy atom. The molecule has 0 radical (unpaired) electrons. The maximum Gasteiger partial charge on any atom is 0.231 e. The van der Waals surface area contributed by atoms with Crippen LogP contribution in [0.25, 0.3) is 0 Å². The molecule has 0 spiro atoms. The number of nitrogens with one attached hydrogen (secondary N) is 1. The van der Waals surface area contributed by atoms with E-state index in [2.05, 4.69) is 5.32 Å². The molecule has 2 aliphatic rings. The maximum absolute atomic E-state index is 13.1. The van der Waals surface area contributed by atoms with E-state index in [0.29, 0.717) is 43.5 Å². The molecule has 1 unspecified atom stereocenters. The standard InChI is InChI=1S/C17H23ClN2O2.ClH/c18-14-4-2-1-3-13(14)17(7-9-22-10-8-17)16(21)20-15(11-19)12-5-6-12;/h1-4,12,15H,5-11,19H2,(H,20,21);1H. The van der Waals surface area contributed by atoms with Crippen LogP contribution >= 0.6 is 24.0 Å². The van der Waals surface area contributed by atoms with E-state index >= 15 is 0 Å². The van der Waals surface area contributed by atoms with Gasteiger partial charge < -0.3 is 15.8 Å². The summed E-state index contributed by atoms with van der Waals surface area (Å²) in [5.41, 5.74) is 6.15. The van der Waals surface area contributed by atoms with Gasteiger partial charge >= 0.3 is 0 Å². The minimum absolute atomic E-state index is 0. The largest absolute Gasteiger partial charge is 0.381 e. The predicted molar refractivity (Wildman–Crippen MR) is 94.1 cm³/mol. The molecule has 1 atom stereocenters. The lowest BCUT2D eigenvalue weighted by atomic mass is 9.73. The molecular formula is C17H24Cl2N2O2. The van der Waals surface area contributed by atoms with E-state index in [-0.39, 0.29) is 24.4 Å². The highest BCUT2D eigenvalue weighted by Gasteiger charge is 2.44. The highest BCUT2D eigenvalue weighted by molar-refractivity contribution is 6.31. The number of carbonyl (C=O) groups excluding carboxylic acids is 1. The number of hydrogen-bond donors (Lipinski definition) is 2. The average Bonchev–Trinajstić information content (AvgIpc) is 3.38. The van der Waals surface area contributed by atoms with Crippen molar-refractivity contribution in [1.82, 2.24) is 5.32 Å². The third-order valence-corrected chi connectivity index (χ3v) is 5.26. The van der Waals surface area contributed by atoms with Gasteiger partial charge in [0.25, 0.3) is 0 Å². The topological polar surface area (TPSA) is 64.3 Å². The normalized spacial score (nSPS) is 21.1. The van der Waals surface area contributed by atoms with Crippen LogP contribution in [0.2, 0.25) is 5.02 Å². The van der Waals surface area contributed by atoms with Crippen molar-refractivity contribution in [3.05, 3.63) is 34.9 Å². The van der Waals surface area contributed by atoms with Gasteiger partial charge in [-0.3, -0.25) is 4.79 Å². The second-order valence-electron chi connectivity index (χ2n) is 6.33. The Balaban J connectivity index is 0.00000192. The van der Waals surface area contributed by atoms with Crippen molar-refractivity contribution in [3.63, 3.8) is 0 Å². The summed E-state index contributed by atoms with van der Waals surface area (Å²) >= 11 is 6.39. The first-order valence-electron chi connectivity index (χ1n) is 8.01. The molecule has 0 bridgehead atoms. The molecule has 1 amide bonds. The van der Waals surface area contributed by atoms with Crippen LogP contribution in [0, 0.1) is 5.92 Å². The zero-order valence-electron chi connectivity index (χ0n) is 13.1. The molecule has 1 aromatic carbocycles. The van der Waals surface area contributed by atoms with Gasteiger partial charge in [-0.1, -0.05) is 29.8 Å². The number of halogens is 2. The van der Waals surface area contributed by atoms with Crippen LogP contribution < -0.4 is 11.1 Å².